The molecule has 2 fully saturated rings. The van der Waals surface area contributed by atoms with E-state index in [9.17, 15) is 39.3 Å². The minimum Gasteiger partial charge on any atom is -0.505 e. The standard InChI is InChI=1S/C39H37N3O8/c1-18-24-15-16-25(41-23-14-13-22(17-23)21-11-9-20(10-12-21)19-7-5-4-6-8-19)32(43)27(24)33(44)28-26(18)34(45)30-31(42(2)3)35(46)29(38(40)49)37(48)39(30,50)36(28)47/h4-12,14-18,26,28-31,34,41,43,45,50H,13H2,1-3H3,(H2,40,49)/t18-,26+,28?,29?,30+,31-,34-,39-/m0/s1. The van der Waals surface area contributed by atoms with E-state index in [1.165, 1.54) is 19.0 Å². The van der Waals surface area contributed by atoms with Crippen LogP contribution in [-0.4, -0.2) is 81.1 Å². The van der Waals surface area contributed by atoms with Gasteiger partial charge in [0.15, 0.2) is 34.7 Å². The third-order valence-electron chi connectivity index (χ3n) is 11.0. The normalized spacial score (nSPS) is 30.3. The van der Waals surface area contributed by atoms with Gasteiger partial charge in [-0.1, -0.05) is 73.7 Å². The van der Waals surface area contributed by atoms with Crippen LogP contribution < -0.4 is 11.1 Å². The van der Waals surface area contributed by atoms with Crippen molar-refractivity contribution < 1.29 is 39.3 Å². The predicted molar refractivity (Wildman–Crippen MR) is 184 cm³/mol. The van der Waals surface area contributed by atoms with Gasteiger partial charge in [0.25, 0.3) is 0 Å². The lowest BCUT2D eigenvalue weighted by atomic mass is 9.49. The molecule has 4 aliphatic carbocycles. The van der Waals surface area contributed by atoms with Gasteiger partial charge in [-0.15, -0.1) is 0 Å². The number of aliphatic hydroxyl groups is 2. The molecule has 0 radical (unpaired) electrons. The molecule has 50 heavy (non-hydrogen) atoms. The van der Waals surface area contributed by atoms with E-state index in [0.29, 0.717) is 17.7 Å². The molecule has 2 unspecified atom stereocenters. The van der Waals surface area contributed by atoms with Crippen molar-refractivity contribution in [3.63, 3.8) is 0 Å². The summed E-state index contributed by atoms with van der Waals surface area (Å²) in [6, 6.07) is 20.1. The summed E-state index contributed by atoms with van der Waals surface area (Å²) in [5.74, 6) is -13.6. The number of phenols is 1. The fourth-order valence-corrected chi connectivity index (χ4v) is 8.57. The van der Waals surface area contributed by atoms with Gasteiger partial charge in [0.2, 0.25) is 5.91 Å². The molecule has 0 bridgehead atoms. The molecule has 3 aromatic rings. The summed E-state index contributed by atoms with van der Waals surface area (Å²) in [6.07, 6.45) is 2.84. The number of anilines is 1. The maximum atomic E-state index is 14.2. The third-order valence-corrected chi connectivity index (χ3v) is 11.0. The monoisotopic (exact) mass is 675 g/mol. The van der Waals surface area contributed by atoms with Gasteiger partial charge in [-0.25, -0.2) is 0 Å². The Bertz CT molecular complexity index is 2040. The highest BCUT2D eigenvalue weighted by atomic mass is 16.3. The zero-order valence-electron chi connectivity index (χ0n) is 27.7. The fraction of sp³-hybridized carbons (Fsp3) is 0.308. The molecule has 0 heterocycles. The molecule has 0 aliphatic heterocycles. The number of aromatic hydroxyl groups is 1. The van der Waals surface area contributed by atoms with E-state index in [0.717, 1.165) is 22.3 Å². The van der Waals surface area contributed by atoms with Crippen LogP contribution in [0.4, 0.5) is 5.69 Å². The average molecular weight is 676 g/mol. The molecule has 256 valence electrons. The fourth-order valence-electron chi connectivity index (χ4n) is 8.57. The highest BCUT2D eigenvalue weighted by Gasteiger charge is 2.72. The number of ketones is 4. The number of nitrogens with one attached hydrogen (secondary N) is 1. The molecular weight excluding hydrogens is 638 g/mol. The van der Waals surface area contributed by atoms with E-state index in [-0.39, 0.29) is 11.3 Å². The zero-order chi connectivity index (χ0) is 35.8. The topological polar surface area (TPSA) is 187 Å². The van der Waals surface area contributed by atoms with Crippen molar-refractivity contribution in [2.75, 3.05) is 19.4 Å². The molecule has 7 rings (SSSR count). The van der Waals surface area contributed by atoms with Crippen molar-refractivity contribution in [3.05, 3.63) is 101 Å². The maximum Gasteiger partial charge on any atom is 0.235 e. The Morgan fingerprint density at radius 2 is 1.56 bits per heavy atom. The van der Waals surface area contributed by atoms with Crippen LogP contribution >= 0.6 is 0 Å². The van der Waals surface area contributed by atoms with Crippen molar-refractivity contribution in [2.45, 2.75) is 37.0 Å². The zero-order valence-corrected chi connectivity index (χ0v) is 27.7. The van der Waals surface area contributed by atoms with Crippen LogP contribution in [0.1, 0.15) is 40.7 Å². The van der Waals surface area contributed by atoms with Gasteiger partial charge in [-0.05, 0) is 66.4 Å². The van der Waals surface area contributed by atoms with Crippen molar-refractivity contribution in [3.8, 4) is 16.9 Å². The lowest BCUT2D eigenvalue weighted by molar-refractivity contribution is -0.196. The van der Waals surface area contributed by atoms with E-state index >= 15 is 0 Å². The van der Waals surface area contributed by atoms with Crippen molar-refractivity contribution in [1.29, 1.82) is 0 Å². The molecule has 2 saturated carbocycles. The number of Topliss-reactive ketones (excluding diaryl/α,β-unsaturated/α-hetero) is 4. The number of fused-ring (bicyclic) bond motifs is 3. The van der Waals surface area contributed by atoms with Crippen LogP contribution in [0.15, 0.2) is 84.6 Å². The minimum atomic E-state index is -3.04. The van der Waals surface area contributed by atoms with E-state index < -0.39 is 82.1 Å². The summed E-state index contributed by atoms with van der Waals surface area (Å²) in [6.45, 7) is 1.68. The summed E-state index contributed by atoms with van der Waals surface area (Å²) in [7, 11) is 2.91. The van der Waals surface area contributed by atoms with Gasteiger partial charge in [-0.3, -0.25) is 28.9 Å². The van der Waals surface area contributed by atoms with Gasteiger partial charge in [-0.2, -0.15) is 0 Å². The second-order valence-corrected chi connectivity index (χ2v) is 13.9. The molecule has 11 nitrogen and oxygen atoms in total. The average Bonchev–Trinajstić information content (AvgIpc) is 3.56. The summed E-state index contributed by atoms with van der Waals surface area (Å²) < 4.78 is 0. The van der Waals surface area contributed by atoms with Crippen molar-refractivity contribution >= 4 is 40.3 Å². The van der Waals surface area contributed by atoms with Gasteiger partial charge in [0, 0.05) is 11.6 Å². The molecule has 1 amide bonds. The molecule has 0 aromatic heterocycles. The smallest absolute Gasteiger partial charge is 0.235 e. The van der Waals surface area contributed by atoms with Crippen LogP contribution in [0.5, 0.6) is 5.75 Å². The number of carbonyl (C=O) groups is 5. The molecule has 4 aliphatic rings. The number of hydrogen-bond donors (Lipinski definition) is 5. The largest absolute Gasteiger partial charge is 0.505 e. The molecule has 0 spiro atoms. The maximum absolute atomic E-state index is 14.2. The number of benzene rings is 3. The highest BCUT2D eigenvalue weighted by Crippen LogP contribution is 2.55. The lowest BCUT2D eigenvalue weighted by Gasteiger charge is -2.56. The first-order valence-electron chi connectivity index (χ1n) is 16.5. The number of aliphatic hydroxyl groups excluding tert-OH is 1. The Hall–Kier alpha value is -5.23. The van der Waals surface area contributed by atoms with Crippen LogP contribution in [0.2, 0.25) is 0 Å². The number of likely N-dealkylation sites (N-methyl/N-ethyl adjacent to an activating group) is 1. The molecule has 6 N–H and O–H groups in total. The number of nitrogens with zero attached hydrogens (tertiary/aromatic N) is 1. The summed E-state index contributed by atoms with van der Waals surface area (Å²) in [5, 5.41) is 38.3. The van der Waals surface area contributed by atoms with Gasteiger partial charge in [0.1, 0.15) is 5.75 Å². The molecular formula is C39H37N3O8. The first-order valence-corrected chi connectivity index (χ1v) is 16.5. The quantitative estimate of drug-likeness (QED) is 0.192. The van der Waals surface area contributed by atoms with E-state index in [2.05, 4.69) is 17.4 Å². The first kappa shape index (κ1) is 33.3. The Labute approximate surface area is 288 Å². The summed E-state index contributed by atoms with van der Waals surface area (Å²) in [4.78, 5) is 69.0. The van der Waals surface area contributed by atoms with Crippen LogP contribution in [0.25, 0.3) is 16.7 Å². The SMILES string of the molecule is C[C@H]1c2ccc(NC3=CCC(c4ccc(-c5ccccc5)cc4)=C3)c(O)c2C(=O)C2C(=O)[C@]3(O)C(=O)C(C(N)=O)C(=O)[C@@H](N(C)C)[C@@H]3[C@@H](O)[C@@H]21. The molecule has 3 aromatic carbocycles. The van der Waals surface area contributed by atoms with Crippen LogP contribution in [0.3, 0.4) is 0 Å². The second kappa shape index (κ2) is 12.0. The second-order valence-electron chi connectivity index (χ2n) is 13.9. The minimum absolute atomic E-state index is 0.166. The molecule has 8 atom stereocenters. The number of allylic oxidation sites excluding steroid dienone is 3. The Morgan fingerprint density at radius 3 is 2.20 bits per heavy atom. The molecule has 0 saturated heterocycles. The van der Waals surface area contributed by atoms with Crippen molar-refractivity contribution in [1.82, 2.24) is 4.90 Å². The number of phenolic OH excluding ortho intramolecular Hbond substituents is 1. The third kappa shape index (κ3) is 4.79. The van der Waals surface area contributed by atoms with Crippen LogP contribution in [0, 0.1) is 23.7 Å². The Kier molecular flexibility index (Phi) is 7.97. The van der Waals surface area contributed by atoms with E-state index in [4.69, 9.17) is 5.73 Å². The van der Waals surface area contributed by atoms with Gasteiger partial charge < -0.3 is 26.4 Å². The van der Waals surface area contributed by atoms with E-state index in [1.54, 1.807) is 19.1 Å². The first-order chi connectivity index (χ1) is 23.8. The number of hydrogen-bond acceptors (Lipinski definition) is 10. The van der Waals surface area contributed by atoms with Crippen LogP contribution in [-0.2, 0) is 19.2 Å². The summed E-state index contributed by atoms with van der Waals surface area (Å²) in [5.41, 5.74) is 7.72. The highest BCUT2D eigenvalue weighted by molar-refractivity contribution is 6.32. The lowest BCUT2D eigenvalue weighted by Crippen LogP contribution is -2.77. The van der Waals surface area contributed by atoms with Gasteiger partial charge in [0.05, 0.1) is 35.2 Å². The van der Waals surface area contributed by atoms with Crippen molar-refractivity contribution in [2.24, 2.45) is 29.4 Å². The van der Waals surface area contributed by atoms with E-state index in [1.807, 2.05) is 54.6 Å². The predicted octanol–water partition coefficient (Wildman–Crippen LogP) is 2.85. The Morgan fingerprint density at radius 1 is 0.920 bits per heavy atom. The Balaban J connectivity index is 1.20. The number of carbonyl (C=O) groups excluding carboxylic acids is 5. The number of rotatable bonds is 6. The van der Waals surface area contributed by atoms with Gasteiger partial charge >= 0.3 is 0 Å². The number of primary amides is 1. The summed E-state index contributed by atoms with van der Waals surface area (Å²) >= 11 is 0. The number of nitrogens with two attached hydrogens (primary N) is 1. The molecule has 11 heteroatoms. The number of amides is 1.